The van der Waals surface area contributed by atoms with Crippen molar-refractivity contribution in [3.05, 3.63) is 58.6 Å². The Kier molecular flexibility index (Phi) is 6.07. The van der Waals surface area contributed by atoms with Gasteiger partial charge in [-0.15, -0.1) is 0 Å². The number of amides is 1. The predicted molar refractivity (Wildman–Crippen MR) is 94.4 cm³/mol. The summed E-state index contributed by atoms with van der Waals surface area (Å²) in [5.74, 6) is -0.904. The number of hydrogen-bond donors (Lipinski definition) is 1. The number of carbonyl (C=O) groups is 1. The number of primary sulfonamides is 1. The third-order valence-corrected chi connectivity index (χ3v) is 4.32. The molecule has 2 N–H and O–H groups in total. The minimum Gasteiger partial charge on any atom is -0.477 e. The molecule has 27 heavy (non-hydrogen) atoms. The number of ether oxygens (including phenoxy) is 1. The van der Waals surface area contributed by atoms with Gasteiger partial charge in [0.25, 0.3) is 5.91 Å². The molecule has 0 aliphatic rings. The fourth-order valence-electron chi connectivity index (χ4n) is 2.16. The molecule has 0 saturated heterocycles. The lowest BCUT2D eigenvalue weighted by Gasteiger charge is -2.19. The summed E-state index contributed by atoms with van der Waals surface area (Å²) in [5.41, 5.74) is -0.187. The SMILES string of the molecule is N#CCN(C(=O)COc1ccc(S(N)(=O)=O)cc1[N+](=O)[O-])c1ccccc1. The van der Waals surface area contributed by atoms with Crippen LogP contribution >= 0.6 is 0 Å². The van der Waals surface area contributed by atoms with Crippen molar-refractivity contribution < 1.29 is 22.9 Å². The number of nitro groups is 1. The highest BCUT2D eigenvalue weighted by atomic mass is 32.2. The third kappa shape index (κ3) is 5.00. The Labute approximate surface area is 154 Å². The van der Waals surface area contributed by atoms with E-state index in [4.69, 9.17) is 15.1 Å². The summed E-state index contributed by atoms with van der Waals surface area (Å²) in [6, 6.07) is 13.0. The Morgan fingerprint density at radius 3 is 2.48 bits per heavy atom. The molecular formula is C16H14N4O6S. The molecule has 0 unspecified atom stereocenters. The topological polar surface area (TPSA) is 157 Å². The first kappa shape index (κ1) is 19.8. The maximum atomic E-state index is 12.4. The van der Waals surface area contributed by atoms with Crippen LogP contribution < -0.4 is 14.8 Å². The van der Waals surface area contributed by atoms with Gasteiger partial charge in [0.2, 0.25) is 10.0 Å². The van der Waals surface area contributed by atoms with Crippen LogP contribution in [-0.2, 0) is 14.8 Å². The van der Waals surface area contributed by atoms with Crippen LogP contribution in [0, 0.1) is 21.4 Å². The maximum absolute atomic E-state index is 12.4. The smallest absolute Gasteiger partial charge is 0.312 e. The lowest BCUT2D eigenvalue weighted by Crippen LogP contribution is -2.35. The largest absolute Gasteiger partial charge is 0.477 e. The molecule has 2 rings (SSSR count). The first-order valence-corrected chi connectivity index (χ1v) is 8.95. The number of sulfonamides is 1. The van der Waals surface area contributed by atoms with Crippen molar-refractivity contribution in [2.24, 2.45) is 5.14 Å². The van der Waals surface area contributed by atoms with Gasteiger partial charge in [-0.2, -0.15) is 5.26 Å². The minimum absolute atomic E-state index is 0.237. The highest BCUT2D eigenvalue weighted by Gasteiger charge is 2.22. The van der Waals surface area contributed by atoms with E-state index in [-0.39, 0.29) is 12.3 Å². The van der Waals surface area contributed by atoms with Gasteiger partial charge in [-0.3, -0.25) is 19.8 Å². The number of anilines is 1. The molecule has 2 aromatic carbocycles. The fraction of sp³-hybridized carbons (Fsp3) is 0.125. The van der Waals surface area contributed by atoms with E-state index in [1.807, 2.05) is 6.07 Å². The first-order valence-electron chi connectivity index (χ1n) is 7.40. The lowest BCUT2D eigenvalue weighted by atomic mass is 10.3. The summed E-state index contributed by atoms with van der Waals surface area (Å²) in [4.78, 5) is 23.4. The molecule has 0 aliphatic carbocycles. The monoisotopic (exact) mass is 390 g/mol. The number of para-hydroxylation sites is 1. The Balaban J connectivity index is 2.23. The van der Waals surface area contributed by atoms with Gasteiger partial charge < -0.3 is 4.74 Å². The second-order valence-corrected chi connectivity index (χ2v) is 6.76. The number of hydrogen-bond acceptors (Lipinski definition) is 7. The number of nitriles is 1. The number of nitro benzene ring substituents is 1. The Morgan fingerprint density at radius 1 is 1.26 bits per heavy atom. The maximum Gasteiger partial charge on any atom is 0.312 e. The average molecular weight is 390 g/mol. The molecule has 10 nitrogen and oxygen atoms in total. The van der Waals surface area contributed by atoms with Gasteiger partial charge >= 0.3 is 5.69 Å². The molecule has 0 spiro atoms. The molecule has 0 radical (unpaired) electrons. The zero-order valence-corrected chi connectivity index (χ0v) is 14.6. The molecule has 11 heteroatoms. The molecule has 0 aromatic heterocycles. The van der Waals surface area contributed by atoms with Crippen LogP contribution in [0.1, 0.15) is 0 Å². The zero-order valence-electron chi connectivity index (χ0n) is 13.8. The quantitative estimate of drug-likeness (QED) is 0.422. The lowest BCUT2D eigenvalue weighted by molar-refractivity contribution is -0.386. The summed E-state index contributed by atoms with van der Waals surface area (Å²) in [7, 11) is -4.13. The molecule has 0 bridgehead atoms. The number of nitrogens with two attached hydrogens (primary N) is 1. The molecule has 1 amide bonds. The van der Waals surface area contributed by atoms with Crippen molar-refractivity contribution in [3.63, 3.8) is 0 Å². The van der Waals surface area contributed by atoms with Crippen molar-refractivity contribution in [2.75, 3.05) is 18.1 Å². The molecule has 0 saturated carbocycles. The Morgan fingerprint density at radius 2 is 1.93 bits per heavy atom. The van der Waals surface area contributed by atoms with Crippen LogP contribution in [0.15, 0.2) is 53.4 Å². The van der Waals surface area contributed by atoms with Gasteiger partial charge in [0.1, 0.15) is 6.54 Å². The zero-order chi connectivity index (χ0) is 20.0. The van der Waals surface area contributed by atoms with Crippen LogP contribution in [0.4, 0.5) is 11.4 Å². The van der Waals surface area contributed by atoms with E-state index >= 15 is 0 Å². The van der Waals surface area contributed by atoms with Crippen LogP contribution in [0.2, 0.25) is 0 Å². The van der Waals surface area contributed by atoms with Crippen molar-refractivity contribution in [1.82, 2.24) is 0 Å². The summed E-state index contributed by atoms with van der Waals surface area (Å²) in [5, 5.41) is 25.0. The van der Waals surface area contributed by atoms with E-state index in [0.717, 1.165) is 23.1 Å². The molecule has 140 valence electrons. The van der Waals surface area contributed by atoms with Gasteiger partial charge in [0, 0.05) is 11.8 Å². The van der Waals surface area contributed by atoms with E-state index in [1.165, 1.54) is 0 Å². The van der Waals surface area contributed by atoms with Crippen LogP contribution in [0.3, 0.4) is 0 Å². The molecule has 0 fully saturated rings. The van der Waals surface area contributed by atoms with Gasteiger partial charge in [0.15, 0.2) is 12.4 Å². The van der Waals surface area contributed by atoms with Crippen molar-refractivity contribution >= 4 is 27.3 Å². The van der Waals surface area contributed by atoms with Crippen molar-refractivity contribution in [3.8, 4) is 11.8 Å². The molecular weight excluding hydrogens is 376 g/mol. The van der Waals surface area contributed by atoms with Gasteiger partial charge in [0.05, 0.1) is 15.9 Å². The Hall–Kier alpha value is -3.49. The molecule has 0 heterocycles. The summed E-state index contributed by atoms with van der Waals surface area (Å²) in [6.45, 7) is -0.829. The number of nitrogens with zero attached hydrogens (tertiary/aromatic N) is 3. The summed E-state index contributed by atoms with van der Waals surface area (Å²) in [6.07, 6.45) is 0. The number of benzene rings is 2. The van der Waals surface area contributed by atoms with E-state index in [1.54, 1.807) is 30.3 Å². The Bertz CT molecular complexity index is 1000. The van der Waals surface area contributed by atoms with Crippen LogP contribution in [0.5, 0.6) is 5.75 Å². The van der Waals surface area contributed by atoms with E-state index in [2.05, 4.69) is 0 Å². The average Bonchev–Trinajstić information content (AvgIpc) is 2.63. The van der Waals surface area contributed by atoms with Crippen molar-refractivity contribution in [2.45, 2.75) is 4.90 Å². The second kappa shape index (κ2) is 8.26. The summed E-state index contributed by atoms with van der Waals surface area (Å²) >= 11 is 0. The predicted octanol–water partition coefficient (Wildman–Crippen LogP) is 1.18. The van der Waals surface area contributed by atoms with E-state index < -0.39 is 38.0 Å². The van der Waals surface area contributed by atoms with Crippen molar-refractivity contribution in [1.29, 1.82) is 5.26 Å². The minimum atomic E-state index is -4.13. The van der Waals surface area contributed by atoms with E-state index in [0.29, 0.717) is 5.69 Å². The highest BCUT2D eigenvalue weighted by molar-refractivity contribution is 7.89. The van der Waals surface area contributed by atoms with Crippen LogP contribution in [0.25, 0.3) is 0 Å². The van der Waals surface area contributed by atoms with Gasteiger partial charge in [-0.1, -0.05) is 18.2 Å². The van der Waals surface area contributed by atoms with Gasteiger partial charge in [-0.25, -0.2) is 13.6 Å². The third-order valence-electron chi connectivity index (χ3n) is 3.40. The number of rotatable bonds is 7. The van der Waals surface area contributed by atoms with Crippen LogP contribution in [-0.4, -0.2) is 32.4 Å². The molecule has 0 aliphatic heterocycles. The molecule has 2 aromatic rings. The first-order chi connectivity index (χ1) is 12.7. The second-order valence-electron chi connectivity index (χ2n) is 5.19. The standard InChI is InChI=1S/C16H14N4O6S/c17-8-9-19(12-4-2-1-3-5-12)16(21)11-26-15-7-6-13(27(18,24)25)10-14(15)20(22)23/h1-7,10H,9,11H2,(H2,18,24,25). The molecule has 0 atom stereocenters. The number of carbonyl (C=O) groups excluding carboxylic acids is 1. The normalized spacial score (nSPS) is 10.7. The van der Waals surface area contributed by atoms with E-state index in [9.17, 15) is 23.3 Å². The highest BCUT2D eigenvalue weighted by Crippen LogP contribution is 2.29. The summed E-state index contributed by atoms with van der Waals surface area (Å²) < 4.78 is 27.9. The van der Waals surface area contributed by atoms with Gasteiger partial charge in [-0.05, 0) is 24.3 Å². The fourth-order valence-corrected chi connectivity index (χ4v) is 2.69.